The van der Waals surface area contributed by atoms with Gasteiger partial charge in [-0.1, -0.05) is 19.9 Å². The number of fused-ring (bicyclic) bond motifs is 2. The zero-order chi connectivity index (χ0) is 19.7. The Labute approximate surface area is 165 Å². The maximum atomic E-state index is 11.7. The largest absolute Gasteiger partial charge is 0.465 e. The summed E-state index contributed by atoms with van der Waals surface area (Å²) in [6.07, 6.45) is 5.11. The lowest BCUT2D eigenvalue weighted by atomic mass is 10.1. The van der Waals surface area contributed by atoms with Gasteiger partial charge in [0.1, 0.15) is 11.2 Å². The number of aromatic nitrogens is 3. The van der Waals surface area contributed by atoms with Crippen LogP contribution in [0.4, 0.5) is 5.82 Å². The minimum Gasteiger partial charge on any atom is -0.465 e. The lowest BCUT2D eigenvalue weighted by Crippen LogP contribution is -2.00. The summed E-state index contributed by atoms with van der Waals surface area (Å²) < 4.78 is 4.76. The van der Waals surface area contributed by atoms with Gasteiger partial charge >= 0.3 is 5.97 Å². The summed E-state index contributed by atoms with van der Waals surface area (Å²) in [6, 6.07) is 7.48. The van der Waals surface area contributed by atoms with Crippen LogP contribution in [0.2, 0.25) is 0 Å². The topological polar surface area (TPSA) is 92.3 Å². The van der Waals surface area contributed by atoms with Crippen molar-refractivity contribution in [1.29, 1.82) is 0 Å². The highest BCUT2D eigenvalue weighted by Gasteiger charge is 2.11. The lowest BCUT2D eigenvalue weighted by molar-refractivity contribution is 0.0601. The maximum Gasteiger partial charge on any atom is 0.337 e. The highest BCUT2D eigenvalue weighted by atomic mass is 32.1. The van der Waals surface area contributed by atoms with Crippen LogP contribution in [0, 0.1) is 0 Å². The van der Waals surface area contributed by atoms with Gasteiger partial charge in [0.25, 0.3) is 0 Å². The zero-order valence-corrected chi connectivity index (χ0v) is 16.5. The number of carbonyl (C=O) groups is 1. The fraction of sp³-hybridized carbons (Fsp3) is 0.200. The minimum absolute atomic E-state index is 0.363. The number of esters is 1. The first kappa shape index (κ1) is 18.1. The molecule has 7 nitrogen and oxygen atoms in total. The van der Waals surface area contributed by atoms with E-state index in [0.717, 1.165) is 26.7 Å². The number of hydrogen-bond acceptors (Lipinski definition) is 7. The first-order chi connectivity index (χ1) is 13.6. The van der Waals surface area contributed by atoms with E-state index in [2.05, 4.69) is 45.4 Å². The smallest absolute Gasteiger partial charge is 0.337 e. The molecule has 0 unspecified atom stereocenters. The molecule has 0 saturated heterocycles. The standard InChI is InChI=1S/C20H19N5O2S/c1-11(2)17-7-15-18(22-10-23-19(15)28-17)25-24-9-13-8-21-16-6-12(20(26)27-3)4-5-14(13)16/h4-11,21H,1-3H3,(H,22,23,25)/b24-9+. The number of nitrogens with zero attached hydrogens (tertiary/aromatic N) is 3. The Morgan fingerprint density at radius 2 is 2.14 bits per heavy atom. The van der Waals surface area contributed by atoms with Gasteiger partial charge in [0.2, 0.25) is 0 Å². The zero-order valence-electron chi connectivity index (χ0n) is 15.7. The molecule has 0 bridgehead atoms. The summed E-state index contributed by atoms with van der Waals surface area (Å²) in [7, 11) is 1.37. The van der Waals surface area contributed by atoms with Crippen LogP contribution in [-0.4, -0.2) is 34.2 Å². The number of hydrogen-bond donors (Lipinski definition) is 2. The van der Waals surface area contributed by atoms with E-state index in [1.165, 1.54) is 12.0 Å². The third-order valence-electron chi connectivity index (χ3n) is 4.43. The lowest BCUT2D eigenvalue weighted by Gasteiger charge is -2.00. The number of carbonyl (C=O) groups excluding carboxylic acids is 1. The van der Waals surface area contributed by atoms with Gasteiger partial charge in [-0.25, -0.2) is 14.8 Å². The van der Waals surface area contributed by atoms with Gasteiger partial charge in [-0.3, -0.25) is 5.43 Å². The fourth-order valence-electron chi connectivity index (χ4n) is 2.91. The summed E-state index contributed by atoms with van der Waals surface area (Å²) in [5.74, 6) is 0.756. The predicted octanol–water partition coefficient (Wildman–Crippen LogP) is 4.53. The second-order valence-corrected chi connectivity index (χ2v) is 7.67. The molecule has 8 heteroatoms. The molecule has 0 fully saturated rings. The van der Waals surface area contributed by atoms with Crippen LogP contribution in [-0.2, 0) is 4.74 Å². The van der Waals surface area contributed by atoms with Crippen molar-refractivity contribution in [1.82, 2.24) is 15.0 Å². The molecule has 0 saturated carbocycles. The second-order valence-electron chi connectivity index (χ2n) is 6.61. The van der Waals surface area contributed by atoms with E-state index in [1.54, 1.807) is 36.0 Å². The van der Waals surface area contributed by atoms with Crippen LogP contribution in [0.3, 0.4) is 0 Å². The SMILES string of the molecule is COC(=O)c1ccc2c(/C=N/Nc3ncnc4sc(C(C)C)cc34)c[nH]c2c1. The third kappa shape index (κ3) is 3.34. The summed E-state index contributed by atoms with van der Waals surface area (Å²) in [5, 5.41) is 6.27. The normalized spacial score (nSPS) is 11.7. The molecule has 4 aromatic rings. The summed E-state index contributed by atoms with van der Waals surface area (Å²) in [4.78, 5) is 25.7. The van der Waals surface area contributed by atoms with Gasteiger partial charge in [0.05, 0.1) is 24.3 Å². The van der Waals surface area contributed by atoms with Crippen molar-refractivity contribution < 1.29 is 9.53 Å². The first-order valence-electron chi connectivity index (χ1n) is 8.79. The van der Waals surface area contributed by atoms with Crippen LogP contribution in [0.5, 0.6) is 0 Å². The van der Waals surface area contributed by atoms with Crippen LogP contribution in [0.15, 0.2) is 41.9 Å². The molecule has 0 spiro atoms. The van der Waals surface area contributed by atoms with Gasteiger partial charge < -0.3 is 9.72 Å². The predicted molar refractivity (Wildman–Crippen MR) is 112 cm³/mol. The van der Waals surface area contributed by atoms with E-state index >= 15 is 0 Å². The molecule has 1 aromatic carbocycles. The minimum atomic E-state index is -0.363. The molecule has 3 aromatic heterocycles. The van der Waals surface area contributed by atoms with E-state index in [0.29, 0.717) is 17.3 Å². The molecule has 2 N–H and O–H groups in total. The average Bonchev–Trinajstić information content (AvgIpc) is 3.32. The van der Waals surface area contributed by atoms with Crippen molar-refractivity contribution in [3.05, 3.63) is 52.8 Å². The van der Waals surface area contributed by atoms with Gasteiger partial charge in [0, 0.05) is 27.5 Å². The molecule has 28 heavy (non-hydrogen) atoms. The molecule has 4 rings (SSSR count). The Bertz CT molecular complexity index is 1190. The number of anilines is 1. The van der Waals surface area contributed by atoms with Crippen molar-refractivity contribution >= 4 is 50.5 Å². The van der Waals surface area contributed by atoms with Gasteiger partial charge in [-0.15, -0.1) is 11.3 Å². The molecule has 0 aliphatic heterocycles. The molecule has 0 radical (unpaired) electrons. The number of ether oxygens (including phenoxy) is 1. The van der Waals surface area contributed by atoms with Crippen molar-refractivity contribution in [2.75, 3.05) is 12.5 Å². The van der Waals surface area contributed by atoms with Gasteiger partial charge in [-0.2, -0.15) is 5.10 Å². The highest BCUT2D eigenvalue weighted by Crippen LogP contribution is 2.32. The molecule has 142 valence electrons. The van der Waals surface area contributed by atoms with E-state index in [4.69, 9.17) is 4.74 Å². The van der Waals surface area contributed by atoms with Crippen molar-refractivity contribution in [3.63, 3.8) is 0 Å². The van der Waals surface area contributed by atoms with E-state index in [-0.39, 0.29) is 5.97 Å². The Morgan fingerprint density at radius 1 is 1.29 bits per heavy atom. The number of aromatic amines is 1. The first-order valence-corrected chi connectivity index (χ1v) is 9.61. The van der Waals surface area contributed by atoms with Gasteiger partial charge in [-0.05, 0) is 24.1 Å². The number of rotatable bonds is 5. The van der Waals surface area contributed by atoms with Crippen molar-refractivity contribution in [2.24, 2.45) is 5.10 Å². The van der Waals surface area contributed by atoms with Crippen LogP contribution >= 0.6 is 11.3 Å². The number of nitrogens with one attached hydrogen (secondary N) is 2. The number of H-pyrrole nitrogens is 1. The Kier molecular flexibility index (Phi) is 4.79. The highest BCUT2D eigenvalue weighted by molar-refractivity contribution is 7.18. The van der Waals surface area contributed by atoms with E-state index in [9.17, 15) is 4.79 Å². The maximum absolute atomic E-state index is 11.7. The quantitative estimate of drug-likeness (QED) is 0.295. The second kappa shape index (κ2) is 7.40. The number of hydrazone groups is 1. The number of methoxy groups -OCH3 is 1. The van der Waals surface area contributed by atoms with Crippen LogP contribution in [0.25, 0.3) is 21.1 Å². The van der Waals surface area contributed by atoms with E-state index < -0.39 is 0 Å². The molecule has 0 atom stereocenters. The molecule has 0 aliphatic rings. The Balaban J connectivity index is 1.58. The van der Waals surface area contributed by atoms with Crippen LogP contribution in [0.1, 0.15) is 40.6 Å². The van der Waals surface area contributed by atoms with E-state index in [1.807, 2.05) is 12.3 Å². The molecular formula is C20H19N5O2S. The average molecular weight is 393 g/mol. The third-order valence-corrected chi connectivity index (χ3v) is 5.77. The Hall–Kier alpha value is -3.26. The molecule has 0 aliphatic carbocycles. The monoisotopic (exact) mass is 393 g/mol. The molecule has 3 heterocycles. The van der Waals surface area contributed by atoms with Crippen molar-refractivity contribution in [2.45, 2.75) is 19.8 Å². The number of thiophene rings is 1. The summed E-state index contributed by atoms with van der Waals surface area (Å²) in [6.45, 7) is 4.32. The fourth-order valence-corrected chi connectivity index (χ4v) is 3.91. The van der Waals surface area contributed by atoms with Crippen LogP contribution < -0.4 is 5.43 Å². The summed E-state index contributed by atoms with van der Waals surface area (Å²) in [5.41, 5.74) is 5.26. The molecular weight excluding hydrogens is 374 g/mol. The number of benzene rings is 1. The molecule has 0 amide bonds. The summed E-state index contributed by atoms with van der Waals surface area (Å²) >= 11 is 1.67. The van der Waals surface area contributed by atoms with Crippen molar-refractivity contribution in [3.8, 4) is 0 Å². The van der Waals surface area contributed by atoms with Gasteiger partial charge in [0.15, 0.2) is 5.82 Å². The Morgan fingerprint density at radius 3 is 2.93 bits per heavy atom.